The predicted octanol–water partition coefficient (Wildman–Crippen LogP) is 7.44. The van der Waals surface area contributed by atoms with Crippen LogP contribution in [0.1, 0.15) is 65.4 Å². The Labute approximate surface area is 319 Å². The molecule has 5 aliphatic heterocycles. The summed E-state index contributed by atoms with van der Waals surface area (Å²) in [6.45, 7) is 9.83. The maximum atomic E-state index is 17.6. The third-order valence-corrected chi connectivity index (χ3v) is 12.2. The van der Waals surface area contributed by atoms with Gasteiger partial charge in [-0.3, -0.25) is 9.80 Å². The van der Waals surface area contributed by atoms with Crippen LogP contribution in [-0.4, -0.2) is 108 Å². The number of carbonyl (C=O) groups excluding carboxylic acids is 1. The highest BCUT2D eigenvalue weighted by Crippen LogP contribution is 2.48. The van der Waals surface area contributed by atoms with Crippen molar-refractivity contribution in [2.75, 3.05) is 51.7 Å². The third-order valence-electron chi connectivity index (χ3n) is 12.2. The summed E-state index contributed by atoms with van der Waals surface area (Å²) in [7, 11) is 1.56. The summed E-state index contributed by atoms with van der Waals surface area (Å²) in [4.78, 5) is 29.7. The summed E-state index contributed by atoms with van der Waals surface area (Å²) in [6.07, 6.45) is 3.20. The zero-order valence-corrected chi connectivity index (χ0v) is 32.2. The number of methoxy groups -OCH3 is 1. The number of carbonyl (C=O) groups is 1. The normalized spacial score (nSPS) is 25.9. The number of hydrogen-bond donors (Lipinski definition) is 0. The van der Waals surface area contributed by atoms with E-state index in [0.717, 1.165) is 55.0 Å². The Morgan fingerprint density at radius 1 is 1.05 bits per heavy atom. The molecule has 55 heavy (non-hydrogen) atoms. The van der Waals surface area contributed by atoms with Gasteiger partial charge >= 0.3 is 12.1 Å². The van der Waals surface area contributed by atoms with E-state index >= 15 is 4.39 Å². The average molecular weight is 758 g/mol. The van der Waals surface area contributed by atoms with Crippen LogP contribution in [0.4, 0.5) is 19.4 Å². The number of anilines is 1. The number of hydrogen-bond acceptors (Lipinski definition) is 10. The van der Waals surface area contributed by atoms with Crippen LogP contribution >= 0.6 is 0 Å². The van der Waals surface area contributed by atoms with Gasteiger partial charge in [-0.05, 0) is 99.5 Å². The van der Waals surface area contributed by atoms with E-state index in [1.807, 2.05) is 49.9 Å². The molecule has 2 bridgehead atoms. The number of rotatable bonds is 8. The fourth-order valence-electron chi connectivity index (χ4n) is 9.89. The predicted molar refractivity (Wildman–Crippen MR) is 204 cm³/mol. The van der Waals surface area contributed by atoms with Crippen LogP contribution < -0.4 is 19.1 Å². The van der Waals surface area contributed by atoms with E-state index in [0.29, 0.717) is 53.3 Å². The lowest BCUT2D eigenvalue weighted by atomic mass is 9.92. The highest BCUT2D eigenvalue weighted by Gasteiger charge is 2.52. The van der Waals surface area contributed by atoms with Gasteiger partial charge in [0.2, 0.25) is 0 Å². The summed E-state index contributed by atoms with van der Waals surface area (Å²) < 4.78 is 62.6. The van der Waals surface area contributed by atoms with Gasteiger partial charge in [0, 0.05) is 32.2 Å². The first-order chi connectivity index (χ1) is 26.5. The van der Waals surface area contributed by atoms with Crippen molar-refractivity contribution in [2.45, 2.75) is 102 Å². The molecule has 5 aliphatic rings. The summed E-state index contributed by atoms with van der Waals surface area (Å²) in [5.41, 5.74) is 0.992. The van der Waals surface area contributed by atoms with Crippen LogP contribution in [0.15, 0.2) is 36.4 Å². The molecule has 4 aromatic rings. The van der Waals surface area contributed by atoms with Gasteiger partial charge in [0.1, 0.15) is 47.8 Å². The Balaban J connectivity index is 1.20. The second-order valence-corrected chi connectivity index (χ2v) is 16.8. The molecular formula is C42H49F2N5O6. The topological polar surface area (TPSA) is 98.7 Å². The summed E-state index contributed by atoms with van der Waals surface area (Å²) in [6, 6.07) is 11.0. The molecule has 9 rings (SSSR count). The minimum atomic E-state index is -0.922. The van der Waals surface area contributed by atoms with Gasteiger partial charge in [-0.2, -0.15) is 9.97 Å². The van der Waals surface area contributed by atoms with E-state index in [4.69, 9.17) is 33.7 Å². The molecule has 0 radical (unpaired) electrons. The van der Waals surface area contributed by atoms with Gasteiger partial charge in [0.15, 0.2) is 12.6 Å². The van der Waals surface area contributed by atoms with Crippen LogP contribution in [0, 0.1) is 5.82 Å². The monoisotopic (exact) mass is 757 g/mol. The molecule has 292 valence electrons. The Kier molecular flexibility index (Phi) is 8.95. The summed E-state index contributed by atoms with van der Waals surface area (Å²) in [5, 5.41) is 2.27. The van der Waals surface area contributed by atoms with E-state index in [2.05, 4.69) is 22.8 Å². The zero-order chi connectivity index (χ0) is 38.2. The Morgan fingerprint density at radius 3 is 2.71 bits per heavy atom. The van der Waals surface area contributed by atoms with Gasteiger partial charge in [-0.1, -0.05) is 25.1 Å². The van der Waals surface area contributed by atoms with Crippen molar-refractivity contribution in [3.63, 3.8) is 0 Å². The van der Waals surface area contributed by atoms with Crippen LogP contribution in [0.5, 0.6) is 17.5 Å². The van der Waals surface area contributed by atoms with Crippen molar-refractivity contribution < 1.29 is 37.3 Å². The van der Waals surface area contributed by atoms with E-state index < -0.39 is 23.1 Å². The van der Waals surface area contributed by atoms with Crippen molar-refractivity contribution in [3.05, 3.63) is 47.8 Å². The molecule has 1 amide bonds. The molecule has 0 N–H and O–H groups in total. The van der Waals surface area contributed by atoms with Crippen LogP contribution in [0.3, 0.4) is 0 Å². The number of piperazine rings is 1. The number of aryl methyl sites for hydroxylation is 1. The highest BCUT2D eigenvalue weighted by atomic mass is 19.1. The lowest BCUT2D eigenvalue weighted by Gasteiger charge is -2.46. The summed E-state index contributed by atoms with van der Waals surface area (Å²) in [5.74, 6) is 0.959. The second kappa shape index (κ2) is 13.6. The molecule has 0 aliphatic carbocycles. The second-order valence-electron chi connectivity index (χ2n) is 16.8. The van der Waals surface area contributed by atoms with Gasteiger partial charge < -0.3 is 28.6 Å². The van der Waals surface area contributed by atoms with E-state index in [9.17, 15) is 9.18 Å². The Hall–Kier alpha value is -4.49. The lowest BCUT2D eigenvalue weighted by Crippen LogP contribution is -2.63. The first kappa shape index (κ1) is 36.2. The molecule has 0 spiro atoms. The molecule has 1 aromatic heterocycles. The molecule has 0 unspecified atom stereocenters. The van der Waals surface area contributed by atoms with Gasteiger partial charge in [0.05, 0.1) is 29.1 Å². The smallest absolute Gasteiger partial charge is 0.410 e. The molecule has 6 heterocycles. The molecule has 4 saturated heterocycles. The van der Waals surface area contributed by atoms with Gasteiger partial charge in [0.25, 0.3) is 0 Å². The minimum absolute atomic E-state index is 0.0338. The maximum absolute atomic E-state index is 17.6. The number of benzene rings is 3. The quantitative estimate of drug-likeness (QED) is 0.169. The lowest BCUT2D eigenvalue weighted by molar-refractivity contribution is 0.00544. The first-order valence-electron chi connectivity index (χ1n) is 19.6. The molecule has 5 atom stereocenters. The molecule has 11 nitrogen and oxygen atoms in total. The van der Waals surface area contributed by atoms with Crippen LogP contribution in [0.25, 0.3) is 32.8 Å². The fourth-order valence-corrected chi connectivity index (χ4v) is 9.89. The molecule has 3 aromatic carbocycles. The Bertz CT molecular complexity index is 2160. The van der Waals surface area contributed by atoms with Crippen molar-refractivity contribution in [1.29, 1.82) is 0 Å². The first-order valence-corrected chi connectivity index (χ1v) is 19.6. The number of fused-ring (bicyclic) bond motifs is 7. The van der Waals surface area contributed by atoms with E-state index in [-0.39, 0.29) is 55.8 Å². The number of ether oxygens (including phenoxy) is 5. The number of aromatic nitrogens is 2. The van der Waals surface area contributed by atoms with Crippen LogP contribution in [-0.2, 0) is 15.9 Å². The highest BCUT2D eigenvalue weighted by molar-refractivity contribution is 6.05. The van der Waals surface area contributed by atoms with E-state index in [1.54, 1.807) is 13.2 Å². The minimum Gasteiger partial charge on any atom is -0.490 e. The van der Waals surface area contributed by atoms with Gasteiger partial charge in [-0.25, -0.2) is 13.6 Å². The van der Waals surface area contributed by atoms with Crippen LogP contribution in [0.2, 0.25) is 0 Å². The van der Waals surface area contributed by atoms with E-state index in [1.165, 1.54) is 0 Å². The molecule has 0 saturated carbocycles. The number of halogens is 2. The van der Waals surface area contributed by atoms with Gasteiger partial charge in [-0.15, -0.1) is 0 Å². The standard InChI is InChI=1S/C42H49F2N5O6/c1-6-24-9-7-10-25-15-28(54-23-51-5)16-29(34(24)25)30-17-33-35-37(36(30)44)45-39(53-22-42-13-8-14-47(42)19-26(43)18-42)46-38(35)48-20-27-11-12-31(32(48)21-52-33)49(27)40(50)55-41(2,3)4/h7,9-10,15-17,26-27,31-32H,6,8,11-14,18-23H2,1-5H3/t26-,27+,31-,32+,42-/m0/s1. The summed E-state index contributed by atoms with van der Waals surface area (Å²) >= 11 is 0. The number of alkyl halides is 1. The maximum Gasteiger partial charge on any atom is 0.410 e. The number of amides is 1. The molecule has 13 heteroatoms. The third kappa shape index (κ3) is 6.18. The fraction of sp³-hybridized carbons (Fsp3) is 0.548. The largest absolute Gasteiger partial charge is 0.490 e. The average Bonchev–Trinajstić information content (AvgIpc) is 3.76. The van der Waals surface area contributed by atoms with Crippen molar-refractivity contribution in [2.24, 2.45) is 0 Å². The van der Waals surface area contributed by atoms with Crippen molar-refractivity contribution >= 4 is 33.6 Å². The Morgan fingerprint density at radius 2 is 1.91 bits per heavy atom. The molecular weight excluding hydrogens is 708 g/mol. The number of nitrogens with zero attached hydrogens (tertiary/aromatic N) is 5. The van der Waals surface area contributed by atoms with Crippen molar-refractivity contribution in [1.82, 2.24) is 19.8 Å². The van der Waals surface area contributed by atoms with Crippen molar-refractivity contribution in [3.8, 4) is 28.6 Å². The SMILES string of the molecule is CCc1cccc2cc(OCOC)cc(-c3cc4c5c(nc(OC[C@@]67CCCN6C[C@@H](F)C7)nc5c3F)N3C[C@H]5CC[C@@H]([C@H]3CO4)N5C(=O)OC(C)(C)C)c12. The molecule has 4 fully saturated rings. The zero-order valence-electron chi connectivity index (χ0n) is 32.2.